The molecule has 1 amide bonds. The van der Waals surface area contributed by atoms with Gasteiger partial charge in [-0.05, 0) is 55.3 Å². The van der Waals surface area contributed by atoms with E-state index in [9.17, 15) is 13.2 Å². The maximum Gasteiger partial charge on any atom is 0.264 e. The summed E-state index contributed by atoms with van der Waals surface area (Å²) in [5.74, 6) is -0.366. The molecule has 1 atom stereocenters. The van der Waals surface area contributed by atoms with Crippen molar-refractivity contribution in [1.82, 2.24) is 5.32 Å². The second-order valence-corrected chi connectivity index (χ2v) is 10.0. The van der Waals surface area contributed by atoms with Gasteiger partial charge in [0, 0.05) is 4.47 Å². The largest absolute Gasteiger partial charge is 0.348 e. The van der Waals surface area contributed by atoms with Crippen LogP contribution in [-0.4, -0.2) is 20.9 Å². The van der Waals surface area contributed by atoms with E-state index in [2.05, 4.69) is 21.2 Å². The molecule has 0 heterocycles. The predicted octanol–water partition coefficient (Wildman–Crippen LogP) is 5.22. The Morgan fingerprint density at radius 2 is 1.58 bits per heavy atom. The van der Waals surface area contributed by atoms with E-state index in [1.807, 2.05) is 44.2 Å². The summed E-state index contributed by atoms with van der Waals surface area (Å²) in [7, 11) is -3.93. The molecular weight excluding hydrogens is 476 g/mol. The lowest BCUT2D eigenvalue weighted by molar-refractivity contribution is -0.120. The van der Waals surface area contributed by atoms with Gasteiger partial charge in [0.25, 0.3) is 10.0 Å². The van der Waals surface area contributed by atoms with Crippen molar-refractivity contribution in [2.45, 2.75) is 31.2 Å². The molecule has 0 bridgehead atoms. The number of sulfonamides is 1. The first-order valence-corrected chi connectivity index (χ1v) is 12.2. The Hall–Kier alpha value is -2.64. The third-order valence-electron chi connectivity index (χ3n) is 4.96. The monoisotopic (exact) mass is 500 g/mol. The van der Waals surface area contributed by atoms with Crippen LogP contribution < -0.4 is 9.62 Å². The third-order valence-corrected chi connectivity index (χ3v) is 7.27. The summed E-state index contributed by atoms with van der Waals surface area (Å²) in [5, 5.41) is 2.97. The first kappa shape index (κ1) is 23.0. The summed E-state index contributed by atoms with van der Waals surface area (Å²) in [6.45, 7) is 3.56. The van der Waals surface area contributed by atoms with Crippen LogP contribution in [0.15, 0.2) is 88.2 Å². The lowest BCUT2D eigenvalue weighted by Gasteiger charge is -2.26. The van der Waals surface area contributed by atoms with Crippen molar-refractivity contribution in [1.29, 1.82) is 0 Å². The van der Waals surface area contributed by atoms with E-state index in [4.69, 9.17) is 0 Å². The molecule has 3 aromatic carbocycles. The number of carbonyl (C=O) groups excluding carboxylic acids is 1. The second kappa shape index (κ2) is 10.1. The zero-order valence-corrected chi connectivity index (χ0v) is 19.9. The molecule has 1 N–H and O–H groups in total. The fourth-order valence-electron chi connectivity index (χ4n) is 3.24. The molecule has 162 valence electrons. The van der Waals surface area contributed by atoms with Gasteiger partial charge in [-0.2, -0.15) is 0 Å². The number of aryl methyl sites for hydroxylation is 1. The molecule has 0 saturated carbocycles. The van der Waals surface area contributed by atoms with Crippen molar-refractivity contribution in [3.05, 3.63) is 94.5 Å². The van der Waals surface area contributed by atoms with Gasteiger partial charge in [0.15, 0.2) is 0 Å². The van der Waals surface area contributed by atoms with Gasteiger partial charge in [-0.3, -0.25) is 9.10 Å². The highest BCUT2D eigenvalue weighted by atomic mass is 79.9. The van der Waals surface area contributed by atoms with Gasteiger partial charge in [-0.1, -0.05) is 70.9 Å². The van der Waals surface area contributed by atoms with Gasteiger partial charge in [0.05, 0.1) is 16.6 Å². The van der Waals surface area contributed by atoms with Crippen molar-refractivity contribution >= 4 is 37.5 Å². The minimum atomic E-state index is -3.93. The van der Waals surface area contributed by atoms with Crippen molar-refractivity contribution in [3.8, 4) is 0 Å². The Balaban J connectivity index is 1.90. The molecule has 0 fully saturated rings. The van der Waals surface area contributed by atoms with Crippen LogP contribution >= 0.6 is 15.9 Å². The molecule has 3 aromatic rings. The molecule has 0 aromatic heterocycles. The fourth-order valence-corrected chi connectivity index (χ4v) is 4.92. The summed E-state index contributed by atoms with van der Waals surface area (Å²) in [4.78, 5) is 13.1. The van der Waals surface area contributed by atoms with Gasteiger partial charge in [0.2, 0.25) is 5.91 Å². The number of rotatable bonds is 8. The number of halogens is 1. The van der Waals surface area contributed by atoms with E-state index >= 15 is 0 Å². The molecule has 0 aliphatic heterocycles. The molecular formula is C24H25BrN2O3S. The van der Waals surface area contributed by atoms with Crippen molar-refractivity contribution < 1.29 is 13.2 Å². The number of nitrogens with one attached hydrogen (secondary N) is 1. The Kier molecular flexibility index (Phi) is 7.51. The SMILES string of the molecule is CCC(NC(=O)CN(c1ccc(Br)cc1)S(=O)(=O)c1ccc(C)cc1)c1ccccc1. The molecule has 7 heteroatoms. The summed E-state index contributed by atoms with van der Waals surface area (Å²) in [6, 6.07) is 22.9. The molecule has 3 rings (SSSR count). The Bertz CT molecular complexity index is 1120. The van der Waals surface area contributed by atoms with Gasteiger partial charge in [-0.25, -0.2) is 8.42 Å². The first-order chi connectivity index (χ1) is 14.8. The van der Waals surface area contributed by atoms with Crippen LogP contribution in [0.4, 0.5) is 5.69 Å². The zero-order chi connectivity index (χ0) is 22.4. The Morgan fingerprint density at radius 1 is 0.968 bits per heavy atom. The number of amides is 1. The highest BCUT2D eigenvalue weighted by Crippen LogP contribution is 2.26. The normalized spacial score (nSPS) is 12.2. The van der Waals surface area contributed by atoms with Crippen molar-refractivity contribution in [2.75, 3.05) is 10.8 Å². The predicted molar refractivity (Wildman–Crippen MR) is 127 cm³/mol. The van der Waals surface area contributed by atoms with Crippen molar-refractivity contribution in [2.24, 2.45) is 0 Å². The Morgan fingerprint density at radius 3 is 2.16 bits per heavy atom. The highest BCUT2D eigenvalue weighted by Gasteiger charge is 2.28. The highest BCUT2D eigenvalue weighted by molar-refractivity contribution is 9.10. The smallest absolute Gasteiger partial charge is 0.264 e. The van der Waals surface area contributed by atoms with Crippen LogP contribution in [0.3, 0.4) is 0 Å². The molecule has 0 radical (unpaired) electrons. The van der Waals surface area contributed by atoms with Crippen LogP contribution in [0.1, 0.15) is 30.5 Å². The number of nitrogens with zero attached hydrogens (tertiary/aromatic N) is 1. The van der Waals surface area contributed by atoms with Crippen LogP contribution in [0.5, 0.6) is 0 Å². The minimum Gasteiger partial charge on any atom is -0.348 e. The molecule has 0 saturated heterocycles. The standard InChI is InChI=1S/C24H25BrN2O3S/c1-3-23(19-7-5-4-6-8-19)26-24(28)17-27(21-13-11-20(25)12-14-21)31(29,30)22-15-9-18(2)10-16-22/h4-16,23H,3,17H2,1-2H3,(H,26,28). The van der Waals surface area contributed by atoms with Gasteiger partial charge < -0.3 is 5.32 Å². The minimum absolute atomic E-state index is 0.143. The van der Waals surface area contributed by atoms with Crippen LogP contribution in [0, 0.1) is 6.92 Å². The molecule has 31 heavy (non-hydrogen) atoms. The lowest BCUT2D eigenvalue weighted by Crippen LogP contribution is -2.42. The van der Waals surface area contributed by atoms with Gasteiger partial charge in [-0.15, -0.1) is 0 Å². The first-order valence-electron chi connectivity index (χ1n) is 10.0. The maximum atomic E-state index is 13.4. The van der Waals surface area contributed by atoms with E-state index in [1.54, 1.807) is 48.5 Å². The quantitative estimate of drug-likeness (QED) is 0.460. The molecule has 0 spiro atoms. The van der Waals surface area contributed by atoms with E-state index in [1.165, 1.54) is 0 Å². The number of hydrogen-bond donors (Lipinski definition) is 1. The lowest BCUT2D eigenvalue weighted by atomic mass is 10.0. The number of carbonyl (C=O) groups is 1. The number of hydrogen-bond acceptors (Lipinski definition) is 3. The molecule has 0 aliphatic rings. The van der Waals surface area contributed by atoms with Crippen LogP contribution in [0.2, 0.25) is 0 Å². The van der Waals surface area contributed by atoms with Crippen molar-refractivity contribution in [3.63, 3.8) is 0 Å². The summed E-state index contributed by atoms with van der Waals surface area (Å²) in [5.41, 5.74) is 2.36. The summed E-state index contributed by atoms with van der Waals surface area (Å²) < 4.78 is 28.8. The van der Waals surface area contributed by atoms with E-state index in [0.717, 1.165) is 19.9 Å². The fraction of sp³-hybridized carbons (Fsp3) is 0.208. The second-order valence-electron chi connectivity index (χ2n) is 7.24. The molecule has 1 unspecified atom stereocenters. The maximum absolute atomic E-state index is 13.4. The third kappa shape index (κ3) is 5.74. The van der Waals surface area contributed by atoms with E-state index < -0.39 is 10.0 Å². The van der Waals surface area contributed by atoms with Gasteiger partial charge >= 0.3 is 0 Å². The summed E-state index contributed by atoms with van der Waals surface area (Å²) >= 11 is 3.37. The Labute approximate surface area is 192 Å². The van der Waals surface area contributed by atoms with Gasteiger partial charge in [0.1, 0.15) is 6.54 Å². The average molecular weight is 501 g/mol. The zero-order valence-electron chi connectivity index (χ0n) is 17.5. The molecule has 0 aliphatic carbocycles. The van der Waals surface area contributed by atoms with E-state index in [0.29, 0.717) is 12.1 Å². The average Bonchev–Trinajstić information content (AvgIpc) is 2.77. The van der Waals surface area contributed by atoms with Crippen LogP contribution in [0.25, 0.3) is 0 Å². The number of benzene rings is 3. The molecule has 5 nitrogen and oxygen atoms in total. The topological polar surface area (TPSA) is 66.5 Å². The number of anilines is 1. The van der Waals surface area contributed by atoms with E-state index in [-0.39, 0.29) is 23.4 Å². The van der Waals surface area contributed by atoms with Crippen LogP contribution in [-0.2, 0) is 14.8 Å². The summed E-state index contributed by atoms with van der Waals surface area (Å²) in [6.07, 6.45) is 0.693.